The van der Waals surface area contributed by atoms with Crippen molar-refractivity contribution in [2.75, 3.05) is 14.2 Å². The molecule has 0 unspecified atom stereocenters. The summed E-state index contributed by atoms with van der Waals surface area (Å²) in [7, 11) is 2.60. The van der Waals surface area contributed by atoms with Crippen LogP contribution >= 0.6 is 0 Å². The highest BCUT2D eigenvalue weighted by Crippen LogP contribution is 2.15. The number of hydrogen-bond donors (Lipinski definition) is 0. The molecule has 0 radical (unpaired) electrons. The molecule has 10 heavy (non-hydrogen) atoms. The zero-order valence-corrected chi connectivity index (χ0v) is 5.82. The highest BCUT2D eigenvalue weighted by molar-refractivity contribution is 5.30. The first-order valence-corrected chi connectivity index (χ1v) is 2.72. The van der Waals surface area contributed by atoms with Crippen molar-refractivity contribution in [3.8, 4) is 11.5 Å². The highest BCUT2D eigenvalue weighted by Gasteiger charge is 1.89. The summed E-state index contributed by atoms with van der Waals surface area (Å²) in [4.78, 5) is 0. The molecule has 0 atom stereocenters. The van der Waals surface area contributed by atoms with E-state index in [0.29, 0.717) is 0 Å². The molecule has 0 aromatic heterocycles. The predicted molar refractivity (Wildman–Crippen MR) is 39.5 cm³/mol. The highest BCUT2D eigenvalue weighted by atomic mass is 16.5. The summed E-state index contributed by atoms with van der Waals surface area (Å²) in [5.74, 6) is -0.137. The number of methoxy groups -OCH3 is 2. The van der Waals surface area contributed by atoms with Gasteiger partial charge in [-0.2, -0.15) is 0 Å². The number of ether oxygens (including phenoxy) is 2. The van der Waals surface area contributed by atoms with Crippen LogP contribution in [-0.4, -0.2) is 14.2 Å². The molecule has 0 N–H and O–H groups in total. The van der Waals surface area contributed by atoms with E-state index in [9.17, 15) is 0 Å². The molecule has 0 fully saturated rings. The van der Waals surface area contributed by atoms with Gasteiger partial charge in [0.2, 0.25) is 0 Å². The fourth-order valence-electron chi connectivity index (χ4n) is 0.494. The molecule has 0 spiro atoms. The summed E-state index contributed by atoms with van der Waals surface area (Å²) in [6.07, 6.45) is 0. The van der Waals surface area contributed by atoms with Gasteiger partial charge >= 0.3 is 0 Å². The normalized spacial score (nSPS) is 14.6. The molecule has 0 saturated carbocycles. The molecule has 0 aliphatic heterocycles. The van der Waals surface area contributed by atoms with E-state index in [0.717, 1.165) is 0 Å². The fraction of sp³-hybridized carbons (Fsp3) is 0.250. The summed E-state index contributed by atoms with van der Waals surface area (Å²) in [6, 6.07) is -0.925. The van der Waals surface area contributed by atoms with E-state index in [1.807, 2.05) is 0 Å². The van der Waals surface area contributed by atoms with E-state index in [2.05, 4.69) is 0 Å². The van der Waals surface area contributed by atoms with Crippen molar-refractivity contribution in [3.63, 3.8) is 0 Å². The molecule has 1 rings (SSSR count). The van der Waals surface area contributed by atoms with Crippen LogP contribution < -0.4 is 9.47 Å². The van der Waals surface area contributed by atoms with Gasteiger partial charge in [-0.25, -0.2) is 0 Å². The SMILES string of the molecule is [2H]c1c([2H])c(OC)c([2H])c([2H])c1OC. The van der Waals surface area contributed by atoms with E-state index in [4.69, 9.17) is 15.0 Å². The largest absolute Gasteiger partial charge is 0.497 e. The van der Waals surface area contributed by atoms with E-state index in [-0.39, 0.29) is 35.7 Å². The Morgan fingerprint density at radius 2 is 1.30 bits per heavy atom. The van der Waals surface area contributed by atoms with Crippen molar-refractivity contribution < 1.29 is 15.0 Å². The van der Waals surface area contributed by atoms with Gasteiger partial charge in [-0.15, -0.1) is 0 Å². The quantitative estimate of drug-likeness (QED) is 0.625. The zero-order chi connectivity index (χ0) is 10.9. The van der Waals surface area contributed by atoms with Crippen LogP contribution in [0.15, 0.2) is 24.2 Å². The van der Waals surface area contributed by atoms with Gasteiger partial charge in [0, 0.05) is 0 Å². The summed E-state index contributed by atoms with van der Waals surface area (Å²) in [5, 5.41) is 0. The van der Waals surface area contributed by atoms with E-state index < -0.39 is 0 Å². The van der Waals surface area contributed by atoms with Crippen LogP contribution in [0.2, 0.25) is 0 Å². The van der Waals surface area contributed by atoms with Gasteiger partial charge in [0.25, 0.3) is 0 Å². The Bertz CT molecular complexity index is 301. The lowest BCUT2D eigenvalue weighted by Crippen LogP contribution is -1.83. The van der Waals surface area contributed by atoms with Crippen molar-refractivity contribution in [1.82, 2.24) is 0 Å². The minimum atomic E-state index is -0.231. The molecule has 2 heteroatoms. The van der Waals surface area contributed by atoms with Crippen molar-refractivity contribution >= 4 is 0 Å². The maximum absolute atomic E-state index is 7.48. The lowest BCUT2D eigenvalue weighted by Gasteiger charge is -2.00. The molecule has 1 aromatic carbocycles. The molecule has 0 heterocycles. The third kappa shape index (κ3) is 1.41. The maximum Gasteiger partial charge on any atom is 0.119 e. The second kappa shape index (κ2) is 3.11. The van der Waals surface area contributed by atoms with Gasteiger partial charge in [-0.3, -0.25) is 0 Å². The number of benzene rings is 1. The molecule has 0 amide bonds. The van der Waals surface area contributed by atoms with Gasteiger partial charge in [0.15, 0.2) is 0 Å². The summed E-state index contributed by atoms with van der Waals surface area (Å²) < 4.78 is 39.5. The summed E-state index contributed by atoms with van der Waals surface area (Å²) in [6.45, 7) is 0. The Hall–Kier alpha value is -1.18. The minimum absolute atomic E-state index is 0.0687. The first-order chi connectivity index (χ1) is 6.54. The fourth-order valence-corrected chi connectivity index (χ4v) is 0.494. The van der Waals surface area contributed by atoms with E-state index in [1.165, 1.54) is 14.2 Å². The van der Waals surface area contributed by atoms with Gasteiger partial charge in [-0.05, 0) is 24.2 Å². The monoisotopic (exact) mass is 142 g/mol. The molecular formula is C8H10O2. The molecule has 0 aliphatic carbocycles. The van der Waals surface area contributed by atoms with E-state index in [1.54, 1.807) is 0 Å². The maximum atomic E-state index is 7.48. The average molecular weight is 142 g/mol. The van der Waals surface area contributed by atoms with Gasteiger partial charge in [0.05, 0.1) is 19.7 Å². The Balaban J connectivity index is 3.55. The zero-order valence-electron chi connectivity index (χ0n) is 9.82. The first kappa shape index (κ1) is 3.28. The molecule has 2 nitrogen and oxygen atoms in total. The smallest absolute Gasteiger partial charge is 0.119 e. The van der Waals surface area contributed by atoms with Crippen molar-refractivity contribution in [2.24, 2.45) is 0 Å². The number of rotatable bonds is 2. The molecule has 0 saturated heterocycles. The van der Waals surface area contributed by atoms with Crippen LogP contribution in [0.5, 0.6) is 11.5 Å². The lowest BCUT2D eigenvalue weighted by atomic mass is 10.3. The van der Waals surface area contributed by atoms with Crippen molar-refractivity contribution in [3.05, 3.63) is 24.2 Å². The molecular weight excluding hydrogens is 128 g/mol. The third-order valence-electron chi connectivity index (χ3n) is 0.987. The van der Waals surface area contributed by atoms with Crippen LogP contribution in [0.4, 0.5) is 0 Å². The topological polar surface area (TPSA) is 18.5 Å². The Morgan fingerprint density at radius 1 is 1.00 bits per heavy atom. The van der Waals surface area contributed by atoms with Crippen LogP contribution in [0, 0.1) is 0 Å². The minimum Gasteiger partial charge on any atom is -0.497 e. The van der Waals surface area contributed by atoms with Crippen molar-refractivity contribution in [2.45, 2.75) is 0 Å². The Kier molecular flexibility index (Phi) is 1.02. The predicted octanol–water partition coefficient (Wildman–Crippen LogP) is 1.70. The molecule has 0 aliphatic rings. The van der Waals surface area contributed by atoms with Crippen LogP contribution in [0.1, 0.15) is 5.48 Å². The average Bonchev–Trinajstić information content (AvgIpc) is 2.17. The van der Waals surface area contributed by atoms with Crippen LogP contribution in [0.25, 0.3) is 0 Å². The first-order valence-electron chi connectivity index (χ1n) is 4.72. The standard InChI is InChI=1S/C8H10O2/c1-9-7-3-5-8(10-2)6-4-7/h3-6H,1-2H3/i3D,4D,5D,6D. The summed E-state index contributed by atoms with van der Waals surface area (Å²) in [5.41, 5.74) is 0. The third-order valence-corrected chi connectivity index (χ3v) is 0.987. The molecule has 1 aromatic rings. The Morgan fingerprint density at radius 3 is 1.50 bits per heavy atom. The van der Waals surface area contributed by atoms with Gasteiger partial charge in [-0.1, -0.05) is 0 Å². The number of hydrogen-bond acceptors (Lipinski definition) is 2. The second-order valence-electron chi connectivity index (χ2n) is 1.57. The van der Waals surface area contributed by atoms with Gasteiger partial charge < -0.3 is 9.47 Å². The van der Waals surface area contributed by atoms with Crippen LogP contribution in [0.3, 0.4) is 0 Å². The van der Waals surface area contributed by atoms with E-state index >= 15 is 0 Å². The Labute approximate surface area is 66.0 Å². The molecule has 0 bridgehead atoms. The van der Waals surface area contributed by atoms with Crippen LogP contribution in [-0.2, 0) is 0 Å². The van der Waals surface area contributed by atoms with Crippen molar-refractivity contribution in [1.29, 1.82) is 0 Å². The summed E-state index contributed by atoms with van der Waals surface area (Å²) >= 11 is 0. The van der Waals surface area contributed by atoms with Gasteiger partial charge in [0.1, 0.15) is 11.5 Å². The lowest BCUT2D eigenvalue weighted by molar-refractivity contribution is 0.403. The second-order valence-corrected chi connectivity index (χ2v) is 1.57. The molecule has 54 valence electrons.